The standard InChI is InChI=1S/C35H37O2P.C31H29O2P.C29H25O2P.C24H30O2.C17H16O2/c1-24-17-18-30-28(19-24)33(3,4)22-35(36-30)23-34(5,6)29-20-25(2)21-31(32(29)37-35)38(26-13-9-7-10-14-26)27-15-11-8-12-16-27;1-20-16-22(3)28-25(17-20)30(4)31(5,32-28)26-18-21(2)19-27(29(26)33-30)34(23-12-8-6-9-13-23)24-14-10-7-11-15-24;1-18-14-20(3)27-23(15-18)26-24-16-19(2)17-25(28(24)31-29(26)30-27)32(21-10-6-4-7-11-21)22-12-8-5-9-13-22;1-14-10-16(24(5,6)7)12-19-17-13-21(26-22(14)19)25-20-9-8-15(11-18(17)20)23(2,3)4;1-9-4-5-14-12(7-9)15-13-8-10(2)6-11(3)16(13)19-17(15)18-14/h7-21H,22-23H2,1-6H3;6-19H,1-5H3;4-17,26,29H,1-3H3;8-12,17,21H,13H2,1-7H3;4-8,15,17H,1-3H3. The van der Waals surface area contributed by atoms with E-state index in [2.05, 4.69) is 488 Å². The molecule has 0 saturated carbocycles. The summed E-state index contributed by atoms with van der Waals surface area (Å²) in [5.41, 5.74) is 29.0. The Morgan fingerprint density at radius 3 is 1.07 bits per heavy atom. The van der Waals surface area contributed by atoms with Crippen LogP contribution in [0.15, 0.2) is 322 Å². The van der Waals surface area contributed by atoms with Crippen molar-refractivity contribution in [3.05, 3.63) is 455 Å². The molecule has 0 aromatic heterocycles. The Kier molecular flexibility index (Phi) is 25.8. The maximum atomic E-state index is 7.22. The number of ether oxygens (including phenoxy) is 10. The molecule has 0 aliphatic carbocycles. The van der Waals surface area contributed by atoms with Crippen LogP contribution in [0.2, 0.25) is 0 Å². The van der Waals surface area contributed by atoms with E-state index in [0.717, 1.165) is 87.9 Å². The van der Waals surface area contributed by atoms with E-state index in [-0.39, 0.29) is 52.4 Å². The van der Waals surface area contributed by atoms with Crippen molar-refractivity contribution in [2.75, 3.05) is 0 Å². The smallest absolute Gasteiger partial charge is 0.253 e. The van der Waals surface area contributed by atoms with Gasteiger partial charge >= 0.3 is 0 Å². The van der Waals surface area contributed by atoms with Crippen LogP contribution in [-0.4, -0.2) is 24.7 Å². The highest BCUT2D eigenvalue weighted by molar-refractivity contribution is 7.80. The maximum Gasteiger partial charge on any atom is 0.253 e. The molecule has 0 amide bonds. The summed E-state index contributed by atoms with van der Waals surface area (Å²) in [5, 5.41) is 11.8. The van der Waals surface area contributed by atoms with Gasteiger partial charge in [-0.2, -0.15) is 0 Å². The van der Waals surface area contributed by atoms with Gasteiger partial charge in [0.2, 0.25) is 6.29 Å². The van der Waals surface area contributed by atoms with E-state index < -0.39 is 40.8 Å². The number of fused-ring (bicyclic) bond motifs is 23. The first kappa shape index (κ1) is 100. The van der Waals surface area contributed by atoms with E-state index in [1.54, 1.807) is 0 Å². The zero-order chi connectivity index (χ0) is 104. The summed E-state index contributed by atoms with van der Waals surface area (Å²) in [7, 11) is -2.35. The summed E-state index contributed by atoms with van der Waals surface area (Å²) in [6.45, 7) is 53.2. The van der Waals surface area contributed by atoms with Crippen molar-refractivity contribution < 1.29 is 47.4 Å². The van der Waals surface area contributed by atoms with Crippen molar-refractivity contribution in [2.24, 2.45) is 0 Å². The van der Waals surface area contributed by atoms with Gasteiger partial charge in [-0.25, -0.2) is 0 Å². The molecule has 10 heterocycles. The van der Waals surface area contributed by atoms with Crippen LogP contribution in [0.25, 0.3) is 0 Å². The van der Waals surface area contributed by atoms with E-state index in [0.29, 0.717) is 5.92 Å². The predicted molar refractivity (Wildman–Crippen MR) is 615 cm³/mol. The molecule has 0 radical (unpaired) electrons. The van der Waals surface area contributed by atoms with Crippen molar-refractivity contribution in [2.45, 2.75) is 261 Å². The minimum absolute atomic E-state index is 0.0678. The van der Waals surface area contributed by atoms with Gasteiger partial charge in [-0.3, -0.25) is 0 Å². The molecule has 16 aromatic carbocycles. The molecule has 13 heteroatoms. The highest BCUT2D eigenvalue weighted by Crippen LogP contribution is 2.65. The molecule has 9 unspecified atom stereocenters. The SMILES string of the molecule is Cc1cc(C(C)(C)C)cc2c1OC1CC2c2cc(C(C)(C)C)ccc2O1.Cc1cc(C)c2c(c1)C1(C)Oc3c(P(c4ccccc4)c4ccccc4)cc(C)cc3C1(C)O2.Cc1cc(C)c2c(c1)C1c3cc(C)cc(P(c4ccccc4)c4ccccc4)c3OC1O2.Cc1ccc2c(c1)C(C)(C)CC1(CC(C)(C)c3cc(C)cc(P(c4ccccc4)c4ccccc4)c3O1)O2.Cc1ccc2c(c1)C1c3cc(C)cc(C)c3OC1O2. The molecule has 756 valence electrons. The Balaban J connectivity index is 0.000000107. The number of aryl methyl sites for hydroxylation is 12. The number of rotatable bonds is 9. The Morgan fingerprint density at radius 2 is 0.584 bits per heavy atom. The Bertz CT molecular complexity index is 7770. The normalized spacial score (nSPS) is 20.8. The lowest BCUT2D eigenvalue weighted by Crippen LogP contribution is -2.56. The molecule has 0 N–H and O–H groups in total. The van der Waals surface area contributed by atoms with E-state index >= 15 is 0 Å². The van der Waals surface area contributed by atoms with Crippen LogP contribution < -0.4 is 95.1 Å². The number of hydrogen-bond donors (Lipinski definition) is 0. The summed E-state index contributed by atoms with van der Waals surface area (Å²) in [6.07, 6.45) is 1.85. The molecule has 0 saturated heterocycles. The van der Waals surface area contributed by atoms with Crippen molar-refractivity contribution in [3.8, 4) is 57.5 Å². The van der Waals surface area contributed by atoms with Crippen LogP contribution in [0.1, 0.15) is 254 Å². The lowest BCUT2D eigenvalue weighted by molar-refractivity contribution is -0.165. The monoisotopic (exact) mass is 2020 g/mol. The van der Waals surface area contributed by atoms with Gasteiger partial charge in [0.25, 0.3) is 18.4 Å². The minimum Gasteiger partial charge on any atom is -0.477 e. The Hall–Kier alpha value is -13.2. The van der Waals surface area contributed by atoms with Crippen molar-refractivity contribution in [3.63, 3.8) is 0 Å². The largest absolute Gasteiger partial charge is 0.477 e. The molecule has 149 heavy (non-hydrogen) atoms. The molecule has 2 bridgehead atoms. The lowest BCUT2D eigenvalue weighted by Gasteiger charge is -2.52. The van der Waals surface area contributed by atoms with Crippen LogP contribution in [-0.2, 0) is 32.9 Å². The van der Waals surface area contributed by atoms with Gasteiger partial charge in [0.1, 0.15) is 57.5 Å². The summed E-state index contributed by atoms with van der Waals surface area (Å²) >= 11 is 0. The summed E-state index contributed by atoms with van der Waals surface area (Å²) in [4.78, 5) is 0. The van der Waals surface area contributed by atoms with Gasteiger partial charge in [0.15, 0.2) is 11.2 Å². The van der Waals surface area contributed by atoms with E-state index in [1.165, 1.54) is 170 Å². The quantitative estimate of drug-likeness (QED) is 0.130. The van der Waals surface area contributed by atoms with Gasteiger partial charge in [-0.1, -0.05) is 370 Å². The summed E-state index contributed by atoms with van der Waals surface area (Å²) < 4.78 is 65.3. The van der Waals surface area contributed by atoms with Crippen molar-refractivity contribution in [1.82, 2.24) is 0 Å². The van der Waals surface area contributed by atoms with Crippen LogP contribution >= 0.6 is 23.8 Å². The van der Waals surface area contributed by atoms with Gasteiger partial charge < -0.3 is 47.4 Å². The summed E-state index contributed by atoms with van der Waals surface area (Å²) in [5.74, 6) is 9.86. The zero-order valence-corrected chi connectivity index (χ0v) is 93.3. The first-order valence-electron chi connectivity index (χ1n) is 52.9. The molecule has 10 aliphatic rings. The maximum absolute atomic E-state index is 7.22. The van der Waals surface area contributed by atoms with E-state index in [4.69, 9.17) is 47.4 Å². The first-order valence-corrected chi connectivity index (χ1v) is 56.9. The van der Waals surface area contributed by atoms with Crippen LogP contribution in [0, 0.1) is 83.1 Å². The fourth-order valence-corrected chi connectivity index (χ4v) is 32.1. The molecular formula is C136H137O10P3. The Labute approximate surface area is 885 Å². The molecule has 10 aliphatic heterocycles. The van der Waals surface area contributed by atoms with Crippen LogP contribution in [0.5, 0.6) is 57.5 Å². The third-order valence-electron chi connectivity index (χ3n) is 31.7. The van der Waals surface area contributed by atoms with Crippen molar-refractivity contribution in [1.29, 1.82) is 0 Å². The number of benzene rings is 16. The fraction of sp³-hybridized carbons (Fsp3) is 0.294. The number of hydrogen-bond acceptors (Lipinski definition) is 10. The van der Waals surface area contributed by atoms with E-state index in [1.807, 2.05) is 0 Å². The molecule has 9 atom stereocenters. The highest BCUT2D eigenvalue weighted by atomic mass is 31.1. The zero-order valence-electron chi connectivity index (χ0n) is 90.6. The molecule has 1 spiro atoms. The lowest BCUT2D eigenvalue weighted by atomic mass is 9.69. The fourth-order valence-electron chi connectivity index (χ4n) is 24.6. The minimum atomic E-state index is -0.817. The van der Waals surface area contributed by atoms with Gasteiger partial charge in [0, 0.05) is 108 Å². The molecule has 0 fully saturated rings. The molecule has 10 nitrogen and oxygen atoms in total. The van der Waals surface area contributed by atoms with Crippen molar-refractivity contribution >= 4 is 71.5 Å². The summed E-state index contributed by atoms with van der Waals surface area (Å²) in [6, 6.07) is 116. The molecule has 16 aromatic rings. The van der Waals surface area contributed by atoms with Crippen LogP contribution in [0.4, 0.5) is 0 Å². The second-order valence-electron chi connectivity index (χ2n) is 46.6. The second-order valence-corrected chi connectivity index (χ2v) is 53.2. The van der Waals surface area contributed by atoms with E-state index in [9.17, 15) is 0 Å². The van der Waals surface area contributed by atoms with Crippen LogP contribution in [0.3, 0.4) is 0 Å². The Morgan fingerprint density at radius 1 is 0.248 bits per heavy atom. The average Bonchev–Trinajstić information content (AvgIpc) is 1.60. The molecular weight excluding hydrogens is 1890 g/mol. The topological polar surface area (TPSA) is 92.3 Å². The van der Waals surface area contributed by atoms with Gasteiger partial charge in [-0.05, 0) is 262 Å². The molecule has 26 rings (SSSR count). The third kappa shape index (κ3) is 18.5. The highest BCUT2D eigenvalue weighted by Gasteiger charge is 2.65. The predicted octanol–water partition coefficient (Wildman–Crippen LogP) is 29.6. The van der Waals surface area contributed by atoms with Gasteiger partial charge in [-0.15, -0.1) is 0 Å². The first-order chi connectivity index (χ1) is 71.1. The average molecular weight is 2020 g/mol. The third-order valence-corrected chi connectivity index (χ3v) is 39.0. The van der Waals surface area contributed by atoms with Gasteiger partial charge in [0.05, 0.1) is 11.8 Å². The second kappa shape index (κ2) is 38.4.